The highest BCUT2D eigenvalue weighted by Crippen LogP contribution is 2.33. The van der Waals surface area contributed by atoms with Crippen molar-refractivity contribution in [2.75, 3.05) is 6.61 Å². The second-order valence-electron chi connectivity index (χ2n) is 7.31. The number of rotatable bonds is 5. The summed E-state index contributed by atoms with van der Waals surface area (Å²) in [6.07, 6.45) is 0. The van der Waals surface area contributed by atoms with Crippen LogP contribution in [0.1, 0.15) is 31.8 Å². The molecule has 4 rings (SSSR count). The van der Waals surface area contributed by atoms with Gasteiger partial charge in [0.15, 0.2) is 12.4 Å². The van der Waals surface area contributed by atoms with Crippen LogP contribution in [0.3, 0.4) is 0 Å². The minimum Gasteiger partial charge on any atom is -0.454 e. The van der Waals surface area contributed by atoms with E-state index in [0.29, 0.717) is 22.1 Å². The third kappa shape index (κ3) is 4.28. The van der Waals surface area contributed by atoms with Crippen LogP contribution in [-0.2, 0) is 4.74 Å². The van der Waals surface area contributed by atoms with E-state index in [-0.39, 0.29) is 12.4 Å². The monoisotopic (exact) mass is 473 g/mol. The number of ether oxygens (including phenoxy) is 1. The normalized spacial score (nSPS) is 10.8. The summed E-state index contributed by atoms with van der Waals surface area (Å²) in [4.78, 5) is 30.5. The fraction of sp³-hybridized carbons (Fsp3) is 0.115. The highest BCUT2D eigenvalue weighted by Gasteiger charge is 2.22. The van der Waals surface area contributed by atoms with Crippen LogP contribution in [-0.4, -0.2) is 23.3 Å². The van der Waals surface area contributed by atoms with E-state index in [2.05, 4.69) is 15.9 Å². The Morgan fingerprint density at radius 2 is 1.58 bits per heavy atom. The number of carbonyl (C=O) groups is 2. The average Bonchev–Trinajstić information content (AvgIpc) is 2.78. The Labute approximate surface area is 189 Å². The zero-order valence-corrected chi connectivity index (χ0v) is 18.8. The first-order valence-corrected chi connectivity index (χ1v) is 10.7. The molecule has 0 saturated carbocycles. The number of halogens is 1. The minimum atomic E-state index is -0.538. The molecule has 0 N–H and O–H groups in total. The van der Waals surface area contributed by atoms with Gasteiger partial charge in [-0.25, -0.2) is 9.78 Å². The summed E-state index contributed by atoms with van der Waals surface area (Å²) in [5.41, 5.74) is 4.96. The molecule has 4 nitrogen and oxygen atoms in total. The van der Waals surface area contributed by atoms with Crippen LogP contribution in [0.15, 0.2) is 77.3 Å². The van der Waals surface area contributed by atoms with Gasteiger partial charge < -0.3 is 4.74 Å². The molecule has 0 aliphatic heterocycles. The van der Waals surface area contributed by atoms with Crippen molar-refractivity contribution in [3.63, 3.8) is 0 Å². The van der Waals surface area contributed by atoms with Gasteiger partial charge in [-0.2, -0.15) is 0 Å². The van der Waals surface area contributed by atoms with Crippen LogP contribution in [0.2, 0.25) is 0 Å². The smallest absolute Gasteiger partial charge is 0.339 e. The Kier molecular flexibility index (Phi) is 5.96. The molecular weight excluding hydrogens is 454 g/mol. The lowest BCUT2D eigenvalue weighted by atomic mass is 9.96. The van der Waals surface area contributed by atoms with E-state index in [9.17, 15) is 9.59 Å². The fourth-order valence-corrected chi connectivity index (χ4v) is 4.21. The average molecular weight is 474 g/mol. The van der Waals surface area contributed by atoms with Gasteiger partial charge >= 0.3 is 5.97 Å². The lowest BCUT2D eigenvalue weighted by Gasteiger charge is -2.16. The number of benzene rings is 3. The number of hydrogen-bond donors (Lipinski definition) is 0. The molecule has 3 aromatic carbocycles. The largest absolute Gasteiger partial charge is 0.454 e. The van der Waals surface area contributed by atoms with Gasteiger partial charge in [0.2, 0.25) is 0 Å². The first-order chi connectivity index (χ1) is 15.0. The van der Waals surface area contributed by atoms with Gasteiger partial charge in [0.1, 0.15) is 0 Å². The highest BCUT2D eigenvalue weighted by molar-refractivity contribution is 9.10. The summed E-state index contributed by atoms with van der Waals surface area (Å²) >= 11 is 3.51. The molecule has 0 aliphatic rings. The van der Waals surface area contributed by atoms with Crippen molar-refractivity contribution in [2.24, 2.45) is 0 Å². The number of carbonyl (C=O) groups excluding carboxylic acids is 2. The summed E-state index contributed by atoms with van der Waals surface area (Å²) in [6.45, 7) is 3.50. The van der Waals surface area contributed by atoms with Gasteiger partial charge in [0, 0.05) is 21.0 Å². The number of fused-ring (bicyclic) bond motifs is 1. The molecule has 0 fully saturated rings. The zero-order chi connectivity index (χ0) is 22.0. The van der Waals surface area contributed by atoms with E-state index in [1.807, 2.05) is 62.4 Å². The lowest BCUT2D eigenvalue weighted by Crippen LogP contribution is -2.16. The third-order valence-electron chi connectivity index (χ3n) is 5.17. The molecule has 0 saturated heterocycles. The maximum Gasteiger partial charge on any atom is 0.339 e. The molecule has 0 amide bonds. The molecule has 0 spiro atoms. The molecule has 0 aliphatic carbocycles. The number of pyridine rings is 1. The number of aryl methyl sites for hydroxylation is 1. The summed E-state index contributed by atoms with van der Waals surface area (Å²) in [7, 11) is 0. The minimum absolute atomic E-state index is 0.245. The number of nitrogens with zero attached hydrogens (tertiary/aromatic N) is 1. The van der Waals surface area contributed by atoms with Crippen LogP contribution < -0.4 is 0 Å². The lowest BCUT2D eigenvalue weighted by molar-refractivity contribution is 0.0476. The SMILES string of the molecule is Cc1c(-c2ccccc2)nc2c(C)cc(Br)cc2c1C(=O)OCC(=O)c1ccccc1. The van der Waals surface area contributed by atoms with Crippen molar-refractivity contribution >= 4 is 38.6 Å². The van der Waals surface area contributed by atoms with Crippen LogP contribution in [0.4, 0.5) is 0 Å². The van der Waals surface area contributed by atoms with Gasteiger partial charge in [-0.3, -0.25) is 4.79 Å². The van der Waals surface area contributed by atoms with Crippen molar-refractivity contribution in [1.82, 2.24) is 4.98 Å². The van der Waals surface area contributed by atoms with Crippen LogP contribution in [0.5, 0.6) is 0 Å². The highest BCUT2D eigenvalue weighted by atomic mass is 79.9. The Balaban J connectivity index is 1.79. The topological polar surface area (TPSA) is 56.3 Å². The van der Waals surface area contributed by atoms with Gasteiger partial charge in [-0.1, -0.05) is 76.6 Å². The second kappa shape index (κ2) is 8.82. The number of aromatic nitrogens is 1. The number of hydrogen-bond acceptors (Lipinski definition) is 4. The Morgan fingerprint density at radius 3 is 2.26 bits per heavy atom. The van der Waals surface area contributed by atoms with Crippen molar-refractivity contribution in [3.05, 3.63) is 99.5 Å². The van der Waals surface area contributed by atoms with Crippen LogP contribution in [0.25, 0.3) is 22.2 Å². The molecule has 4 aromatic rings. The molecule has 1 heterocycles. The van der Waals surface area contributed by atoms with E-state index in [1.54, 1.807) is 24.3 Å². The Hall–Kier alpha value is -3.31. The molecule has 31 heavy (non-hydrogen) atoms. The summed E-state index contributed by atoms with van der Waals surface area (Å²) in [6, 6.07) is 22.4. The van der Waals surface area contributed by atoms with Gasteiger partial charge in [-0.15, -0.1) is 0 Å². The van der Waals surface area contributed by atoms with E-state index < -0.39 is 5.97 Å². The summed E-state index contributed by atoms with van der Waals surface area (Å²) in [5.74, 6) is -0.783. The molecule has 0 radical (unpaired) electrons. The van der Waals surface area contributed by atoms with E-state index in [4.69, 9.17) is 9.72 Å². The maximum absolute atomic E-state index is 13.2. The molecule has 5 heteroatoms. The molecule has 154 valence electrons. The van der Waals surface area contributed by atoms with Gasteiger partial charge in [-0.05, 0) is 37.1 Å². The summed E-state index contributed by atoms with van der Waals surface area (Å²) < 4.78 is 6.32. The number of esters is 1. The molecule has 1 aromatic heterocycles. The van der Waals surface area contributed by atoms with Crippen molar-refractivity contribution in [1.29, 1.82) is 0 Å². The van der Waals surface area contributed by atoms with Crippen molar-refractivity contribution in [2.45, 2.75) is 13.8 Å². The zero-order valence-electron chi connectivity index (χ0n) is 17.2. The molecular formula is C26H20BrNO3. The first kappa shape index (κ1) is 20.9. The van der Waals surface area contributed by atoms with Gasteiger partial charge in [0.25, 0.3) is 0 Å². The van der Waals surface area contributed by atoms with Crippen LogP contribution >= 0.6 is 15.9 Å². The predicted octanol–water partition coefficient (Wildman–Crippen LogP) is 6.32. The summed E-state index contributed by atoms with van der Waals surface area (Å²) in [5, 5.41) is 0.696. The predicted molar refractivity (Wildman–Crippen MR) is 125 cm³/mol. The van der Waals surface area contributed by atoms with Gasteiger partial charge in [0.05, 0.1) is 16.8 Å². The maximum atomic E-state index is 13.2. The number of Topliss-reactive ketones (excluding diaryl/α,β-unsaturated/α-hetero) is 1. The Bertz CT molecular complexity index is 1280. The quantitative estimate of drug-likeness (QED) is 0.251. The van der Waals surface area contributed by atoms with E-state index in [1.165, 1.54) is 0 Å². The fourth-order valence-electron chi connectivity index (χ4n) is 3.64. The first-order valence-electron chi connectivity index (χ1n) is 9.87. The van der Waals surface area contributed by atoms with Crippen molar-refractivity contribution in [3.8, 4) is 11.3 Å². The second-order valence-corrected chi connectivity index (χ2v) is 8.23. The Morgan fingerprint density at radius 1 is 0.935 bits per heavy atom. The molecule has 0 bridgehead atoms. The van der Waals surface area contributed by atoms with Crippen LogP contribution in [0, 0.1) is 13.8 Å². The third-order valence-corrected chi connectivity index (χ3v) is 5.63. The molecule has 0 unspecified atom stereocenters. The standard InChI is InChI=1S/C26H20BrNO3/c1-16-13-20(27)14-21-23(26(30)31-15-22(29)18-9-5-3-6-10-18)17(2)25(28-24(16)21)19-11-7-4-8-12-19/h3-14H,15H2,1-2H3. The number of ketones is 1. The molecule has 0 atom stereocenters. The van der Waals surface area contributed by atoms with Crippen molar-refractivity contribution < 1.29 is 14.3 Å². The van der Waals surface area contributed by atoms with E-state index >= 15 is 0 Å². The van der Waals surface area contributed by atoms with E-state index in [0.717, 1.165) is 26.8 Å².